The van der Waals surface area contributed by atoms with E-state index in [9.17, 15) is 13.2 Å². The second kappa shape index (κ2) is 4.60. The van der Waals surface area contributed by atoms with E-state index in [0.717, 1.165) is 12.8 Å². The lowest BCUT2D eigenvalue weighted by atomic mass is 9.82. The largest absolute Gasteiger partial charge is 0.451 e. The zero-order valence-electron chi connectivity index (χ0n) is 9.75. The van der Waals surface area contributed by atoms with Crippen LogP contribution >= 0.6 is 0 Å². The van der Waals surface area contributed by atoms with E-state index in [1.807, 2.05) is 0 Å². The van der Waals surface area contributed by atoms with Gasteiger partial charge in [-0.05, 0) is 18.8 Å². The summed E-state index contributed by atoms with van der Waals surface area (Å²) >= 11 is 0. The Morgan fingerprint density at radius 2 is 1.89 bits per heavy atom. The molecule has 1 aliphatic rings. The number of aromatic nitrogens is 2. The highest BCUT2D eigenvalue weighted by atomic mass is 19.4. The molecule has 0 amide bonds. The number of nitrogens with zero attached hydrogens (tertiary/aromatic N) is 2. The topological polar surface area (TPSA) is 75.9 Å². The minimum atomic E-state index is -4.59. The van der Waals surface area contributed by atoms with E-state index in [4.69, 9.17) is 5.84 Å². The highest BCUT2D eigenvalue weighted by Crippen LogP contribution is 2.31. The second-order valence-electron chi connectivity index (χ2n) is 4.52. The normalized spacial score (nSPS) is 23.4. The molecule has 1 heterocycles. The minimum Gasteiger partial charge on any atom is -0.367 e. The Balaban J connectivity index is 2.18. The summed E-state index contributed by atoms with van der Waals surface area (Å²) in [7, 11) is 0. The average Bonchev–Trinajstić information content (AvgIpc) is 2.25. The Kier molecular flexibility index (Phi) is 3.29. The van der Waals surface area contributed by atoms with Crippen molar-refractivity contribution in [2.45, 2.75) is 32.0 Å². The van der Waals surface area contributed by atoms with Gasteiger partial charge in [-0.1, -0.05) is 6.92 Å². The van der Waals surface area contributed by atoms with E-state index in [1.54, 1.807) is 0 Å². The summed E-state index contributed by atoms with van der Waals surface area (Å²) in [6, 6.07) is 1.53. The molecule has 1 aromatic heterocycles. The number of hydrogen-bond donors (Lipinski definition) is 3. The minimum absolute atomic E-state index is 0.0628. The van der Waals surface area contributed by atoms with Gasteiger partial charge in [-0.3, -0.25) is 0 Å². The first-order chi connectivity index (χ1) is 8.38. The Bertz CT molecular complexity index is 428. The molecule has 0 aliphatic heterocycles. The van der Waals surface area contributed by atoms with Crippen molar-refractivity contribution in [2.75, 3.05) is 10.7 Å². The van der Waals surface area contributed by atoms with Gasteiger partial charge in [0, 0.05) is 12.1 Å². The predicted octanol–water partition coefficient (Wildman–Crippen LogP) is 1.99. The molecule has 0 unspecified atom stereocenters. The molecule has 0 spiro atoms. The number of rotatable bonds is 3. The van der Waals surface area contributed by atoms with E-state index in [-0.39, 0.29) is 17.7 Å². The van der Waals surface area contributed by atoms with Crippen LogP contribution in [0, 0.1) is 5.92 Å². The van der Waals surface area contributed by atoms with Gasteiger partial charge < -0.3 is 10.7 Å². The molecule has 1 saturated carbocycles. The summed E-state index contributed by atoms with van der Waals surface area (Å²) in [5.41, 5.74) is 2.11. The fourth-order valence-electron chi connectivity index (χ4n) is 1.95. The summed E-state index contributed by atoms with van der Waals surface area (Å²) < 4.78 is 37.7. The van der Waals surface area contributed by atoms with Crippen molar-refractivity contribution < 1.29 is 13.2 Å². The van der Waals surface area contributed by atoms with Crippen LogP contribution in [0.1, 0.15) is 25.6 Å². The Morgan fingerprint density at radius 1 is 1.28 bits per heavy atom. The number of alkyl halides is 3. The zero-order chi connectivity index (χ0) is 13.3. The van der Waals surface area contributed by atoms with Crippen LogP contribution in [0.2, 0.25) is 0 Å². The summed E-state index contributed by atoms with van der Waals surface area (Å²) in [4.78, 5) is 6.73. The van der Waals surface area contributed by atoms with Crippen LogP contribution in [0.25, 0.3) is 0 Å². The number of nitrogens with two attached hydrogens (primary N) is 1. The molecule has 1 aliphatic carbocycles. The van der Waals surface area contributed by atoms with E-state index < -0.39 is 12.0 Å². The third kappa shape index (κ3) is 2.81. The van der Waals surface area contributed by atoms with Crippen LogP contribution in [0.3, 0.4) is 0 Å². The first kappa shape index (κ1) is 12.9. The zero-order valence-corrected chi connectivity index (χ0v) is 9.75. The van der Waals surface area contributed by atoms with Crippen molar-refractivity contribution in [1.29, 1.82) is 0 Å². The molecular weight excluding hydrogens is 247 g/mol. The predicted molar refractivity (Wildman–Crippen MR) is 60.7 cm³/mol. The average molecular weight is 261 g/mol. The number of anilines is 2. The molecule has 18 heavy (non-hydrogen) atoms. The lowest BCUT2D eigenvalue weighted by Crippen LogP contribution is -2.34. The van der Waals surface area contributed by atoms with Gasteiger partial charge in [0.2, 0.25) is 5.82 Å². The van der Waals surface area contributed by atoms with Crippen LogP contribution in [-0.2, 0) is 6.18 Å². The van der Waals surface area contributed by atoms with Crippen molar-refractivity contribution in [3.05, 3.63) is 11.9 Å². The molecule has 1 fully saturated rings. The molecule has 8 heteroatoms. The first-order valence-corrected chi connectivity index (χ1v) is 5.58. The number of halogens is 3. The fraction of sp³-hybridized carbons (Fsp3) is 0.600. The van der Waals surface area contributed by atoms with Gasteiger partial charge in [0.25, 0.3) is 0 Å². The molecule has 4 N–H and O–H groups in total. The van der Waals surface area contributed by atoms with Gasteiger partial charge in [-0.25, -0.2) is 15.8 Å². The molecule has 0 atom stereocenters. The molecule has 0 saturated heterocycles. The summed E-state index contributed by atoms with van der Waals surface area (Å²) in [6.45, 7) is 2.09. The quantitative estimate of drug-likeness (QED) is 0.573. The Hall–Kier alpha value is -1.57. The van der Waals surface area contributed by atoms with Gasteiger partial charge >= 0.3 is 6.18 Å². The molecule has 1 aromatic rings. The fourth-order valence-corrected chi connectivity index (χ4v) is 1.95. The molecule has 2 rings (SSSR count). The Labute approximate surface area is 102 Å². The molecular formula is C10H14F3N5. The monoisotopic (exact) mass is 261 g/mol. The van der Waals surface area contributed by atoms with E-state index >= 15 is 0 Å². The lowest BCUT2D eigenvalue weighted by molar-refractivity contribution is -0.144. The maximum absolute atomic E-state index is 12.6. The number of nitrogens with one attached hydrogen (secondary N) is 2. The van der Waals surface area contributed by atoms with Crippen molar-refractivity contribution in [2.24, 2.45) is 11.8 Å². The molecule has 0 bridgehead atoms. The van der Waals surface area contributed by atoms with E-state index in [0.29, 0.717) is 5.92 Å². The molecule has 0 radical (unpaired) electrons. The first-order valence-electron chi connectivity index (χ1n) is 5.58. The number of hydrogen-bond acceptors (Lipinski definition) is 5. The van der Waals surface area contributed by atoms with Crippen molar-refractivity contribution in [3.8, 4) is 0 Å². The summed E-state index contributed by atoms with van der Waals surface area (Å²) in [5, 5.41) is 2.95. The maximum Gasteiger partial charge on any atom is 0.451 e. The van der Waals surface area contributed by atoms with Crippen LogP contribution < -0.4 is 16.6 Å². The molecule has 5 nitrogen and oxygen atoms in total. The van der Waals surface area contributed by atoms with Crippen LogP contribution in [0.5, 0.6) is 0 Å². The highest BCUT2D eigenvalue weighted by molar-refractivity contribution is 5.48. The number of hydrazine groups is 1. The second-order valence-corrected chi connectivity index (χ2v) is 4.52. The van der Waals surface area contributed by atoms with Crippen molar-refractivity contribution >= 4 is 11.6 Å². The van der Waals surface area contributed by atoms with E-state index in [1.165, 1.54) is 6.07 Å². The van der Waals surface area contributed by atoms with Gasteiger partial charge in [-0.15, -0.1) is 0 Å². The smallest absolute Gasteiger partial charge is 0.367 e. The van der Waals surface area contributed by atoms with Crippen LogP contribution in [0.15, 0.2) is 6.07 Å². The van der Waals surface area contributed by atoms with Gasteiger partial charge in [-0.2, -0.15) is 13.2 Å². The summed E-state index contributed by atoms with van der Waals surface area (Å²) in [5.74, 6) is 4.57. The molecule has 100 valence electrons. The van der Waals surface area contributed by atoms with Gasteiger partial charge in [0.05, 0.1) is 0 Å². The van der Waals surface area contributed by atoms with Crippen molar-refractivity contribution in [1.82, 2.24) is 9.97 Å². The summed E-state index contributed by atoms with van der Waals surface area (Å²) in [6.07, 6.45) is -2.73. The van der Waals surface area contributed by atoms with E-state index in [2.05, 4.69) is 27.6 Å². The van der Waals surface area contributed by atoms with Crippen molar-refractivity contribution in [3.63, 3.8) is 0 Å². The lowest BCUT2D eigenvalue weighted by Gasteiger charge is -2.33. The van der Waals surface area contributed by atoms with Crippen LogP contribution in [0.4, 0.5) is 24.8 Å². The molecule has 0 aromatic carbocycles. The SMILES string of the molecule is CC1CC(Nc2cc(NN)nc(C(F)(F)F)n2)C1. The van der Waals surface area contributed by atoms with Crippen LogP contribution in [-0.4, -0.2) is 16.0 Å². The standard InChI is InChI=1S/C10H14F3N5/c1-5-2-6(3-5)15-7-4-8(18-14)17-9(16-7)10(11,12)13/h4-6H,2-3,14H2,1H3,(H2,15,16,17,18). The highest BCUT2D eigenvalue weighted by Gasteiger charge is 2.36. The Morgan fingerprint density at radius 3 is 2.39 bits per heavy atom. The van der Waals surface area contributed by atoms with Gasteiger partial charge in [0.1, 0.15) is 11.6 Å². The maximum atomic E-state index is 12.6. The third-order valence-electron chi connectivity index (χ3n) is 2.85. The third-order valence-corrected chi connectivity index (χ3v) is 2.85. The number of nitrogen functional groups attached to an aromatic ring is 1. The van der Waals surface area contributed by atoms with Gasteiger partial charge in [0.15, 0.2) is 0 Å².